The second-order valence-corrected chi connectivity index (χ2v) is 12.4. The third-order valence-corrected chi connectivity index (χ3v) is 9.37. The van der Waals surface area contributed by atoms with Gasteiger partial charge in [0.15, 0.2) is 0 Å². The molecule has 2 fully saturated rings. The molecule has 2 aromatic rings. The van der Waals surface area contributed by atoms with Crippen molar-refractivity contribution in [2.45, 2.75) is 68.4 Å². The van der Waals surface area contributed by atoms with Crippen molar-refractivity contribution in [1.82, 2.24) is 30.2 Å². The molecule has 1 aromatic carbocycles. The topological polar surface area (TPSA) is 123 Å². The summed E-state index contributed by atoms with van der Waals surface area (Å²) in [6.45, 7) is 4.09. The summed E-state index contributed by atoms with van der Waals surface area (Å²) in [7, 11) is 0. The number of rotatable bonds is 10. The molecule has 1 unspecified atom stereocenters. The summed E-state index contributed by atoms with van der Waals surface area (Å²) in [5.41, 5.74) is 2.22. The van der Waals surface area contributed by atoms with Crippen molar-refractivity contribution in [3.63, 3.8) is 0 Å². The molecule has 2 saturated heterocycles. The van der Waals surface area contributed by atoms with Crippen LogP contribution in [0.4, 0.5) is 13.2 Å². The Kier molecular flexibility index (Phi) is 10.3. The zero-order valence-corrected chi connectivity index (χ0v) is 24.9. The molecule has 43 heavy (non-hydrogen) atoms. The van der Waals surface area contributed by atoms with E-state index in [1.54, 1.807) is 9.58 Å². The number of aliphatic hydroxyl groups excluding tert-OH is 2. The first-order valence-electron chi connectivity index (χ1n) is 14.8. The molecular weight excluding hydrogens is 585 g/mol. The van der Waals surface area contributed by atoms with Crippen molar-refractivity contribution in [1.29, 1.82) is 0 Å². The van der Waals surface area contributed by atoms with E-state index in [-0.39, 0.29) is 35.0 Å². The Hall–Kier alpha value is -2.65. The molecule has 0 spiro atoms. The Morgan fingerprint density at radius 2 is 1.88 bits per heavy atom. The molecule has 1 aromatic heterocycles. The molecule has 0 aliphatic carbocycles. The van der Waals surface area contributed by atoms with Crippen LogP contribution in [0.1, 0.15) is 42.5 Å². The van der Waals surface area contributed by atoms with Crippen LogP contribution < -0.4 is 10.6 Å². The number of aromatic nitrogens is 2. The summed E-state index contributed by atoms with van der Waals surface area (Å²) in [4.78, 5) is 27.9. The van der Waals surface area contributed by atoms with Crippen LogP contribution in [0.15, 0.2) is 23.1 Å². The maximum Gasteiger partial charge on any atom is 0.417 e. The van der Waals surface area contributed by atoms with E-state index in [1.807, 2.05) is 0 Å². The first-order chi connectivity index (χ1) is 20.6. The van der Waals surface area contributed by atoms with Crippen LogP contribution in [0.2, 0.25) is 0 Å². The number of alkyl halides is 3. The highest BCUT2D eigenvalue weighted by Gasteiger charge is 2.35. The number of thioether (sulfide) groups is 1. The van der Waals surface area contributed by atoms with Crippen LogP contribution >= 0.6 is 11.8 Å². The fourth-order valence-corrected chi connectivity index (χ4v) is 7.12. The van der Waals surface area contributed by atoms with Gasteiger partial charge in [0.05, 0.1) is 29.7 Å². The maximum absolute atomic E-state index is 13.9. The first kappa shape index (κ1) is 31.8. The molecule has 5 rings (SSSR count). The molecule has 4 N–H and O–H groups in total. The number of amides is 2. The van der Waals surface area contributed by atoms with Gasteiger partial charge in [-0.05, 0) is 37.8 Å². The van der Waals surface area contributed by atoms with Gasteiger partial charge in [-0.15, -0.1) is 11.8 Å². The number of fused-ring (bicyclic) bond motifs is 1. The van der Waals surface area contributed by atoms with Gasteiger partial charge in [-0.3, -0.25) is 14.3 Å². The molecular formula is C29H39F3N6O4S. The van der Waals surface area contributed by atoms with E-state index in [2.05, 4.69) is 15.5 Å². The minimum Gasteiger partial charge on any atom is -0.390 e. The van der Waals surface area contributed by atoms with Crippen LogP contribution in [0.5, 0.6) is 0 Å². The van der Waals surface area contributed by atoms with E-state index in [0.29, 0.717) is 56.9 Å². The Balaban J connectivity index is 1.30. The van der Waals surface area contributed by atoms with Crippen molar-refractivity contribution in [2.75, 3.05) is 51.6 Å². The van der Waals surface area contributed by atoms with E-state index in [1.165, 1.54) is 12.1 Å². The van der Waals surface area contributed by atoms with Crippen molar-refractivity contribution in [3.05, 3.63) is 35.0 Å². The Labute approximate surface area is 253 Å². The average Bonchev–Trinajstić information content (AvgIpc) is 3.65. The van der Waals surface area contributed by atoms with Gasteiger partial charge in [-0.1, -0.05) is 6.07 Å². The van der Waals surface area contributed by atoms with Gasteiger partial charge in [0.1, 0.15) is 6.61 Å². The van der Waals surface area contributed by atoms with E-state index in [0.717, 1.165) is 61.3 Å². The van der Waals surface area contributed by atoms with Gasteiger partial charge in [0.25, 0.3) is 0 Å². The Morgan fingerprint density at radius 3 is 2.58 bits per heavy atom. The summed E-state index contributed by atoms with van der Waals surface area (Å²) < 4.78 is 43.5. The molecule has 0 bridgehead atoms. The zero-order chi connectivity index (χ0) is 30.6. The lowest BCUT2D eigenvalue weighted by Crippen LogP contribution is -2.47. The molecule has 1 atom stereocenters. The van der Waals surface area contributed by atoms with Gasteiger partial charge in [0, 0.05) is 80.0 Å². The minimum absolute atomic E-state index is 0.00299. The maximum atomic E-state index is 13.9. The number of carbonyl (C=O) groups is 2. The fourth-order valence-electron chi connectivity index (χ4n) is 6.11. The van der Waals surface area contributed by atoms with Gasteiger partial charge in [-0.2, -0.15) is 18.3 Å². The van der Waals surface area contributed by atoms with Crippen molar-refractivity contribution < 1.29 is 33.0 Å². The van der Waals surface area contributed by atoms with Crippen LogP contribution in [0.3, 0.4) is 0 Å². The second kappa shape index (κ2) is 14.0. The number of hydrogen-bond donors (Lipinski definition) is 4. The largest absolute Gasteiger partial charge is 0.417 e. The number of likely N-dealkylation sites (tertiary alicyclic amines) is 2. The number of nitrogens with one attached hydrogen (secondary N) is 2. The van der Waals surface area contributed by atoms with Crippen LogP contribution in [-0.2, 0) is 35.3 Å². The zero-order valence-electron chi connectivity index (χ0n) is 24.0. The lowest BCUT2D eigenvalue weighted by atomic mass is 10.0. The van der Waals surface area contributed by atoms with Crippen LogP contribution in [0, 0.1) is 0 Å². The average molecular weight is 625 g/mol. The molecule has 2 amide bonds. The molecule has 3 aliphatic rings. The monoisotopic (exact) mass is 624 g/mol. The number of aliphatic hydroxyl groups is 2. The van der Waals surface area contributed by atoms with Gasteiger partial charge in [-0.25, -0.2) is 0 Å². The number of hydrogen-bond acceptors (Lipinski definition) is 8. The van der Waals surface area contributed by atoms with Gasteiger partial charge in [0.2, 0.25) is 11.8 Å². The van der Waals surface area contributed by atoms with Crippen molar-refractivity contribution in [3.8, 4) is 11.3 Å². The molecule has 0 radical (unpaired) electrons. The summed E-state index contributed by atoms with van der Waals surface area (Å²) in [5.74, 6) is -0.598. The smallest absolute Gasteiger partial charge is 0.390 e. The van der Waals surface area contributed by atoms with E-state index in [9.17, 15) is 27.9 Å². The fraction of sp³-hybridized carbons (Fsp3) is 0.621. The predicted molar refractivity (Wildman–Crippen MR) is 155 cm³/mol. The highest BCUT2D eigenvalue weighted by Crippen LogP contribution is 2.40. The lowest BCUT2D eigenvalue weighted by Gasteiger charge is -2.33. The standard InChI is InChI=1S/C29H39F3N6O4S/c30-29(31,32)23-4-3-19(13-25(23)43-18-27(42)37-9-1-2-10-37)28-22-14-33-8-5-24(22)38(35-28)16-21(40)15-36-11-6-20(7-12-36)34-26(41)17-39/h3-4,13,20-21,33,39-40H,1-2,5-12,14-18H2,(H,34,41). The highest BCUT2D eigenvalue weighted by atomic mass is 32.2. The number of halogens is 3. The summed E-state index contributed by atoms with van der Waals surface area (Å²) in [5, 5.41) is 30.8. The highest BCUT2D eigenvalue weighted by molar-refractivity contribution is 8.00. The molecule has 10 nitrogen and oxygen atoms in total. The molecule has 14 heteroatoms. The Morgan fingerprint density at radius 1 is 1.14 bits per heavy atom. The predicted octanol–water partition coefficient (Wildman–Crippen LogP) is 1.86. The molecule has 4 heterocycles. The number of benzene rings is 1. The normalized spacial score (nSPS) is 19.0. The van der Waals surface area contributed by atoms with Crippen LogP contribution in [0.25, 0.3) is 11.3 Å². The molecule has 236 valence electrons. The first-order valence-corrected chi connectivity index (χ1v) is 15.8. The molecule has 0 saturated carbocycles. The van der Waals surface area contributed by atoms with E-state index in [4.69, 9.17) is 10.2 Å². The lowest BCUT2D eigenvalue weighted by molar-refractivity contribution is -0.139. The number of carbonyl (C=O) groups excluding carboxylic acids is 2. The van der Waals surface area contributed by atoms with Gasteiger partial charge < -0.3 is 30.6 Å². The van der Waals surface area contributed by atoms with E-state index < -0.39 is 24.5 Å². The minimum atomic E-state index is -4.55. The summed E-state index contributed by atoms with van der Waals surface area (Å²) in [6, 6.07) is 4.00. The third kappa shape index (κ3) is 7.90. The number of β-amino-alcohol motifs (C(OH)–C–C–N with tert-alkyl or cyclic N) is 1. The Bertz CT molecular complexity index is 1290. The number of nitrogens with zero attached hydrogens (tertiary/aromatic N) is 4. The van der Waals surface area contributed by atoms with Crippen molar-refractivity contribution in [2.24, 2.45) is 0 Å². The molecule has 3 aliphatic heterocycles. The van der Waals surface area contributed by atoms with Crippen molar-refractivity contribution >= 4 is 23.6 Å². The summed E-state index contributed by atoms with van der Waals surface area (Å²) >= 11 is 0.914. The van der Waals surface area contributed by atoms with Gasteiger partial charge >= 0.3 is 6.18 Å². The second-order valence-electron chi connectivity index (χ2n) is 11.4. The van der Waals surface area contributed by atoms with E-state index >= 15 is 0 Å². The van der Waals surface area contributed by atoms with Crippen LogP contribution in [-0.4, -0.2) is 105 Å². The third-order valence-electron chi connectivity index (χ3n) is 8.33. The SMILES string of the molecule is O=C(CO)NC1CCN(CC(O)Cn2nc(-c3ccc(C(F)(F)F)c(SCC(=O)N4CCCC4)c3)c3c2CCNC3)CC1. The number of piperidine rings is 1. The summed E-state index contributed by atoms with van der Waals surface area (Å²) in [6.07, 6.45) is -1.31. The quantitative estimate of drug-likeness (QED) is 0.296.